The molecule has 0 bridgehead atoms. The van der Waals surface area contributed by atoms with E-state index in [1.54, 1.807) is 0 Å². The van der Waals surface area contributed by atoms with Crippen molar-refractivity contribution in [3.05, 3.63) is 24.4 Å². The van der Waals surface area contributed by atoms with Crippen molar-refractivity contribution in [2.45, 2.75) is 124 Å². The van der Waals surface area contributed by atoms with Crippen LogP contribution in [0.1, 0.15) is 124 Å². The molecule has 0 aromatic carbocycles. The summed E-state index contributed by atoms with van der Waals surface area (Å²) in [5.41, 5.74) is 0.199. The van der Waals surface area contributed by atoms with Gasteiger partial charge in [-0.15, -0.1) is 0 Å². The fourth-order valence-electron chi connectivity index (χ4n) is 4.16. The summed E-state index contributed by atoms with van der Waals surface area (Å²) < 4.78 is 5.83. The Hall–Kier alpha value is -0.920. The van der Waals surface area contributed by atoms with Crippen LogP contribution in [0.3, 0.4) is 0 Å². The predicted molar refractivity (Wildman–Crippen MR) is 115 cm³/mol. The third kappa shape index (κ3) is 8.64. The highest BCUT2D eigenvalue weighted by Crippen LogP contribution is 2.42. The van der Waals surface area contributed by atoms with E-state index in [9.17, 15) is 0 Å². The third-order valence-corrected chi connectivity index (χ3v) is 6.23. The fourth-order valence-corrected chi connectivity index (χ4v) is 4.16. The molecule has 1 rings (SSSR count). The number of hydrogen-bond donors (Lipinski definition) is 1. The minimum absolute atomic E-state index is 0.199. The van der Waals surface area contributed by atoms with Crippen LogP contribution in [0.15, 0.2) is 24.4 Å². The SMILES string of the molecule is C=C1NC=C(C(CC)(CC)CCCCCCCCCCCCCCC)O1. The molecule has 0 saturated carbocycles. The van der Waals surface area contributed by atoms with Gasteiger partial charge in [0.2, 0.25) is 0 Å². The van der Waals surface area contributed by atoms with Gasteiger partial charge in [-0.1, -0.05) is 104 Å². The average Bonchev–Trinajstić information content (AvgIpc) is 3.09. The molecule has 0 aromatic heterocycles. The number of unbranched alkanes of at least 4 members (excludes halogenated alkanes) is 12. The predicted octanol–water partition coefficient (Wildman–Crippen LogP) is 8.21. The van der Waals surface area contributed by atoms with Crippen molar-refractivity contribution in [1.29, 1.82) is 0 Å². The Labute approximate surface area is 163 Å². The number of rotatable bonds is 17. The van der Waals surface area contributed by atoms with Gasteiger partial charge in [0.25, 0.3) is 0 Å². The first-order valence-corrected chi connectivity index (χ1v) is 11.5. The molecule has 1 aliphatic rings. The maximum Gasteiger partial charge on any atom is 0.189 e. The molecule has 0 saturated heterocycles. The largest absolute Gasteiger partial charge is 0.444 e. The summed E-state index contributed by atoms with van der Waals surface area (Å²) >= 11 is 0. The minimum Gasteiger partial charge on any atom is -0.444 e. The molecule has 0 aliphatic carbocycles. The molecular formula is C24H45NO. The summed E-state index contributed by atoms with van der Waals surface area (Å²) in [7, 11) is 0. The highest BCUT2D eigenvalue weighted by Gasteiger charge is 2.34. The molecule has 0 aromatic rings. The van der Waals surface area contributed by atoms with E-state index in [0.29, 0.717) is 5.88 Å². The Morgan fingerprint density at radius 1 is 0.769 bits per heavy atom. The van der Waals surface area contributed by atoms with Crippen molar-refractivity contribution in [1.82, 2.24) is 5.32 Å². The molecule has 26 heavy (non-hydrogen) atoms. The Bertz CT molecular complexity index is 395. The maximum atomic E-state index is 5.83. The molecule has 0 fully saturated rings. The van der Waals surface area contributed by atoms with Crippen LogP contribution < -0.4 is 5.32 Å². The average molecular weight is 364 g/mol. The summed E-state index contributed by atoms with van der Waals surface area (Å²) in [5, 5.41) is 3.11. The van der Waals surface area contributed by atoms with Crippen molar-refractivity contribution in [3.63, 3.8) is 0 Å². The van der Waals surface area contributed by atoms with E-state index >= 15 is 0 Å². The third-order valence-electron chi connectivity index (χ3n) is 6.23. The zero-order valence-electron chi connectivity index (χ0n) is 18.0. The van der Waals surface area contributed by atoms with Gasteiger partial charge in [0, 0.05) is 11.6 Å². The van der Waals surface area contributed by atoms with Crippen molar-refractivity contribution >= 4 is 0 Å². The lowest BCUT2D eigenvalue weighted by Crippen LogP contribution is -2.22. The van der Waals surface area contributed by atoms with Crippen LogP contribution in [-0.4, -0.2) is 0 Å². The Morgan fingerprint density at radius 3 is 1.62 bits per heavy atom. The first-order chi connectivity index (χ1) is 12.7. The van der Waals surface area contributed by atoms with Crippen molar-refractivity contribution in [2.24, 2.45) is 5.41 Å². The highest BCUT2D eigenvalue weighted by molar-refractivity contribution is 5.16. The van der Waals surface area contributed by atoms with E-state index in [0.717, 1.165) is 18.6 Å². The second-order valence-electron chi connectivity index (χ2n) is 8.16. The van der Waals surface area contributed by atoms with Gasteiger partial charge in [-0.3, -0.25) is 0 Å². The van der Waals surface area contributed by atoms with Gasteiger partial charge in [0.05, 0.1) is 0 Å². The van der Waals surface area contributed by atoms with Gasteiger partial charge >= 0.3 is 0 Å². The number of nitrogens with one attached hydrogen (secondary N) is 1. The van der Waals surface area contributed by atoms with Gasteiger partial charge in [0.15, 0.2) is 5.88 Å². The number of ether oxygens (including phenoxy) is 1. The van der Waals surface area contributed by atoms with Gasteiger partial charge in [-0.2, -0.15) is 0 Å². The summed E-state index contributed by atoms with van der Waals surface area (Å²) in [4.78, 5) is 0. The van der Waals surface area contributed by atoms with Crippen LogP contribution in [0, 0.1) is 5.41 Å². The Morgan fingerprint density at radius 2 is 1.23 bits per heavy atom. The molecular weight excluding hydrogens is 318 g/mol. The maximum absolute atomic E-state index is 5.83. The minimum atomic E-state index is 0.199. The highest BCUT2D eigenvalue weighted by atomic mass is 16.5. The fraction of sp³-hybridized carbons (Fsp3) is 0.833. The van der Waals surface area contributed by atoms with Crippen LogP contribution in [0.4, 0.5) is 0 Å². The first-order valence-electron chi connectivity index (χ1n) is 11.5. The van der Waals surface area contributed by atoms with E-state index in [-0.39, 0.29) is 5.41 Å². The van der Waals surface area contributed by atoms with Crippen molar-refractivity contribution in [2.75, 3.05) is 0 Å². The number of hydrogen-bond acceptors (Lipinski definition) is 2. The summed E-state index contributed by atoms with van der Waals surface area (Å²) in [6.07, 6.45) is 23.9. The summed E-state index contributed by atoms with van der Waals surface area (Å²) in [6, 6.07) is 0. The van der Waals surface area contributed by atoms with Gasteiger partial charge in [-0.25, -0.2) is 0 Å². The van der Waals surface area contributed by atoms with Crippen LogP contribution in [0.25, 0.3) is 0 Å². The van der Waals surface area contributed by atoms with Crippen LogP contribution in [0.2, 0.25) is 0 Å². The lowest BCUT2D eigenvalue weighted by molar-refractivity contribution is 0.161. The molecule has 1 N–H and O–H groups in total. The smallest absolute Gasteiger partial charge is 0.189 e. The van der Waals surface area contributed by atoms with E-state index < -0.39 is 0 Å². The molecule has 0 unspecified atom stereocenters. The van der Waals surface area contributed by atoms with E-state index in [4.69, 9.17) is 4.74 Å². The monoisotopic (exact) mass is 363 g/mol. The lowest BCUT2D eigenvalue weighted by atomic mass is 9.76. The summed E-state index contributed by atoms with van der Waals surface area (Å²) in [5.74, 6) is 1.78. The first kappa shape index (κ1) is 23.1. The molecule has 2 heteroatoms. The zero-order chi connectivity index (χ0) is 19.1. The quantitative estimate of drug-likeness (QED) is 0.263. The zero-order valence-corrected chi connectivity index (χ0v) is 18.0. The molecule has 152 valence electrons. The topological polar surface area (TPSA) is 21.3 Å². The molecule has 1 aliphatic heterocycles. The van der Waals surface area contributed by atoms with Gasteiger partial charge < -0.3 is 10.1 Å². The second-order valence-corrected chi connectivity index (χ2v) is 8.16. The van der Waals surface area contributed by atoms with Crippen molar-refractivity contribution < 1.29 is 4.74 Å². The molecule has 1 heterocycles. The Balaban J connectivity index is 2.02. The Kier molecular flexibility index (Phi) is 12.6. The second kappa shape index (κ2) is 14.2. The number of allylic oxidation sites excluding steroid dienone is 1. The molecule has 0 radical (unpaired) electrons. The lowest BCUT2D eigenvalue weighted by Gasteiger charge is -2.31. The van der Waals surface area contributed by atoms with Crippen molar-refractivity contribution in [3.8, 4) is 0 Å². The van der Waals surface area contributed by atoms with Gasteiger partial charge in [-0.05, 0) is 25.8 Å². The summed E-state index contributed by atoms with van der Waals surface area (Å²) in [6.45, 7) is 10.7. The van der Waals surface area contributed by atoms with Crippen LogP contribution in [0.5, 0.6) is 0 Å². The van der Waals surface area contributed by atoms with Crippen LogP contribution in [-0.2, 0) is 4.74 Å². The van der Waals surface area contributed by atoms with E-state index in [1.165, 1.54) is 89.9 Å². The molecule has 0 spiro atoms. The molecule has 0 atom stereocenters. The standard InChI is InChI=1S/C24H45NO/c1-5-8-9-10-11-12-13-14-15-16-17-18-19-20-24(6-2,7-3)23-21-25-22(4)26-23/h21,25H,4-20H2,1-3H3. The molecule has 2 nitrogen and oxygen atoms in total. The van der Waals surface area contributed by atoms with E-state index in [2.05, 4.69) is 32.7 Å². The normalized spacial score (nSPS) is 14.3. The molecule has 0 amide bonds. The van der Waals surface area contributed by atoms with Crippen LogP contribution >= 0.6 is 0 Å². The van der Waals surface area contributed by atoms with Gasteiger partial charge in [0.1, 0.15) is 5.76 Å². The van der Waals surface area contributed by atoms with E-state index in [1.807, 2.05) is 6.20 Å².